The Morgan fingerprint density at radius 1 is 0.926 bits per heavy atom. The van der Waals surface area contributed by atoms with Gasteiger partial charge in [-0.25, -0.2) is 0 Å². The fourth-order valence-corrected chi connectivity index (χ4v) is 3.73. The highest BCUT2D eigenvalue weighted by molar-refractivity contribution is 5.38. The molecule has 0 saturated heterocycles. The van der Waals surface area contributed by atoms with E-state index in [-0.39, 0.29) is 5.75 Å². The molecular formula is C23H31F3O. The van der Waals surface area contributed by atoms with Crippen LogP contribution in [0.15, 0.2) is 24.3 Å². The van der Waals surface area contributed by atoms with Crippen LogP contribution in [0.1, 0.15) is 83.1 Å². The summed E-state index contributed by atoms with van der Waals surface area (Å²) in [5.41, 5.74) is 0.735. The van der Waals surface area contributed by atoms with Gasteiger partial charge in [0.1, 0.15) is 5.75 Å². The van der Waals surface area contributed by atoms with E-state index in [1.165, 1.54) is 69.9 Å². The summed E-state index contributed by atoms with van der Waals surface area (Å²) in [6.45, 7) is 2.25. The molecule has 0 spiro atoms. The molecule has 1 aliphatic rings. The summed E-state index contributed by atoms with van der Waals surface area (Å²) in [6, 6.07) is 5.79. The van der Waals surface area contributed by atoms with Crippen LogP contribution in [0.2, 0.25) is 0 Å². The van der Waals surface area contributed by atoms with Crippen LogP contribution in [0.25, 0.3) is 0 Å². The van der Waals surface area contributed by atoms with E-state index in [0.29, 0.717) is 5.92 Å². The SMILES string of the molecule is CCCCCCCC[C@H]1CC[C@H](C#Cc2ccc(OC(F)(F)F)cc2)CC1. The Morgan fingerprint density at radius 3 is 2.19 bits per heavy atom. The van der Waals surface area contributed by atoms with Crippen LogP contribution < -0.4 is 4.74 Å². The summed E-state index contributed by atoms with van der Waals surface area (Å²) >= 11 is 0. The first kappa shape index (κ1) is 21.7. The largest absolute Gasteiger partial charge is 0.573 e. The molecule has 4 heteroatoms. The van der Waals surface area contributed by atoms with Gasteiger partial charge in [-0.3, -0.25) is 0 Å². The predicted octanol–water partition coefficient (Wildman–Crippen LogP) is 7.49. The van der Waals surface area contributed by atoms with Crippen molar-refractivity contribution in [3.63, 3.8) is 0 Å². The first-order chi connectivity index (χ1) is 13.0. The quantitative estimate of drug-likeness (QED) is 0.335. The normalized spacial score (nSPS) is 20.0. The van der Waals surface area contributed by atoms with E-state index in [2.05, 4.69) is 23.5 Å². The summed E-state index contributed by atoms with van der Waals surface area (Å²) < 4.78 is 40.4. The molecule has 1 aromatic carbocycles. The molecule has 0 N–H and O–H groups in total. The zero-order valence-corrected chi connectivity index (χ0v) is 16.3. The molecule has 0 radical (unpaired) electrons. The number of halogens is 3. The number of rotatable bonds is 8. The van der Waals surface area contributed by atoms with E-state index in [0.717, 1.165) is 24.3 Å². The zero-order chi connectivity index (χ0) is 19.5. The second-order valence-electron chi connectivity index (χ2n) is 7.62. The zero-order valence-electron chi connectivity index (χ0n) is 16.3. The summed E-state index contributed by atoms with van der Waals surface area (Å²) in [7, 11) is 0. The van der Waals surface area contributed by atoms with Crippen molar-refractivity contribution < 1.29 is 17.9 Å². The van der Waals surface area contributed by atoms with E-state index in [4.69, 9.17) is 0 Å². The lowest BCUT2D eigenvalue weighted by molar-refractivity contribution is -0.274. The van der Waals surface area contributed by atoms with Crippen LogP contribution in [-0.2, 0) is 0 Å². The Kier molecular flexibility index (Phi) is 9.04. The van der Waals surface area contributed by atoms with Crippen LogP contribution in [-0.4, -0.2) is 6.36 Å². The van der Waals surface area contributed by atoms with Crippen LogP contribution >= 0.6 is 0 Å². The van der Waals surface area contributed by atoms with Gasteiger partial charge in [0.2, 0.25) is 0 Å². The van der Waals surface area contributed by atoms with Crippen molar-refractivity contribution in [2.45, 2.75) is 83.9 Å². The lowest BCUT2D eigenvalue weighted by atomic mass is 9.80. The van der Waals surface area contributed by atoms with Gasteiger partial charge in [0.05, 0.1) is 0 Å². The molecule has 0 heterocycles. The lowest BCUT2D eigenvalue weighted by Gasteiger charge is -2.25. The fourth-order valence-electron chi connectivity index (χ4n) is 3.73. The van der Waals surface area contributed by atoms with Gasteiger partial charge in [0.25, 0.3) is 0 Å². The molecule has 0 amide bonds. The van der Waals surface area contributed by atoms with Gasteiger partial charge in [0, 0.05) is 11.5 Å². The van der Waals surface area contributed by atoms with Crippen molar-refractivity contribution >= 4 is 0 Å². The molecule has 0 aliphatic heterocycles. The molecule has 2 rings (SSSR count). The smallest absolute Gasteiger partial charge is 0.406 e. The van der Waals surface area contributed by atoms with Crippen LogP contribution in [0.4, 0.5) is 13.2 Å². The molecule has 150 valence electrons. The molecule has 1 nitrogen and oxygen atoms in total. The second kappa shape index (κ2) is 11.3. The number of alkyl halides is 3. The topological polar surface area (TPSA) is 9.23 Å². The number of unbranched alkanes of at least 4 members (excludes halogenated alkanes) is 5. The van der Waals surface area contributed by atoms with E-state index < -0.39 is 6.36 Å². The molecular weight excluding hydrogens is 349 g/mol. The first-order valence-corrected chi connectivity index (χ1v) is 10.3. The maximum atomic E-state index is 12.2. The van der Waals surface area contributed by atoms with Gasteiger partial charge < -0.3 is 4.74 Å². The maximum Gasteiger partial charge on any atom is 0.573 e. The number of ether oxygens (including phenoxy) is 1. The Hall–Kier alpha value is -1.63. The summed E-state index contributed by atoms with van der Waals surface area (Å²) in [4.78, 5) is 0. The lowest BCUT2D eigenvalue weighted by Crippen LogP contribution is -2.16. The molecule has 0 aromatic heterocycles. The van der Waals surface area contributed by atoms with Crippen LogP contribution in [0, 0.1) is 23.7 Å². The average Bonchev–Trinajstić information content (AvgIpc) is 2.64. The average molecular weight is 380 g/mol. The molecule has 1 saturated carbocycles. The van der Waals surface area contributed by atoms with Crippen LogP contribution in [0.3, 0.4) is 0 Å². The van der Waals surface area contributed by atoms with Gasteiger partial charge in [-0.2, -0.15) is 0 Å². The summed E-state index contributed by atoms with van der Waals surface area (Å²) in [5, 5.41) is 0. The molecule has 0 atom stereocenters. The van der Waals surface area contributed by atoms with Crippen molar-refractivity contribution in [3.8, 4) is 17.6 Å². The number of hydrogen-bond donors (Lipinski definition) is 0. The minimum atomic E-state index is -4.65. The molecule has 1 fully saturated rings. The van der Waals surface area contributed by atoms with Gasteiger partial charge in [-0.05, 0) is 55.9 Å². The highest BCUT2D eigenvalue weighted by Gasteiger charge is 2.30. The third-order valence-electron chi connectivity index (χ3n) is 5.32. The second-order valence-corrected chi connectivity index (χ2v) is 7.62. The first-order valence-electron chi connectivity index (χ1n) is 10.3. The van der Waals surface area contributed by atoms with Crippen molar-refractivity contribution in [2.24, 2.45) is 11.8 Å². The Morgan fingerprint density at radius 2 is 1.56 bits per heavy atom. The van der Waals surface area contributed by atoms with Crippen molar-refractivity contribution in [3.05, 3.63) is 29.8 Å². The summed E-state index contributed by atoms with van der Waals surface area (Å²) in [6.07, 6.45) is 9.64. The number of benzene rings is 1. The minimum absolute atomic E-state index is 0.205. The van der Waals surface area contributed by atoms with Gasteiger partial charge >= 0.3 is 6.36 Å². The third-order valence-corrected chi connectivity index (χ3v) is 5.32. The maximum absolute atomic E-state index is 12.2. The monoisotopic (exact) mass is 380 g/mol. The molecule has 1 aromatic rings. The van der Waals surface area contributed by atoms with E-state index in [1.54, 1.807) is 12.1 Å². The van der Waals surface area contributed by atoms with Gasteiger partial charge in [-0.15, -0.1) is 13.2 Å². The van der Waals surface area contributed by atoms with E-state index in [1.807, 2.05) is 0 Å². The van der Waals surface area contributed by atoms with E-state index >= 15 is 0 Å². The third kappa shape index (κ3) is 9.22. The molecule has 0 bridgehead atoms. The fraction of sp³-hybridized carbons (Fsp3) is 0.652. The Bertz CT molecular complexity index is 587. The van der Waals surface area contributed by atoms with E-state index in [9.17, 15) is 13.2 Å². The van der Waals surface area contributed by atoms with Crippen LogP contribution in [0.5, 0.6) is 5.75 Å². The van der Waals surface area contributed by atoms with Gasteiger partial charge in [0.15, 0.2) is 0 Å². The summed E-state index contributed by atoms with van der Waals surface area (Å²) in [5.74, 6) is 7.47. The molecule has 27 heavy (non-hydrogen) atoms. The highest BCUT2D eigenvalue weighted by atomic mass is 19.4. The minimum Gasteiger partial charge on any atom is -0.406 e. The predicted molar refractivity (Wildman–Crippen MR) is 103 cm³/mol. The Balaban J connectivity index is 1.67. The highest BCUT2D eigenvalue weighted by Crippen LogP contribution is 2.32. The van der Waals surface area contributed by atoms with Gasteiger partial charge in [-0.1, -0.05) is 63.7 Å². The Labute approximate surface area is 161 Å². The molecule has 0 unspecified atom stereocenters. The van der Waals surface area contributed by atoms with Crippen molar-refractivity contribution in [1.82, 2.24) is 0 Å². The number of hydrogen-bond acceptors (Lipinski definition) is 1. The van der Waals surface area contributed by atoms with Crippen molar-refractivity contribution in [2.75, 3.05) is 0 Å². The standard InChI is InChI=1S/C23H31F3O/c1-2-3-4-5-6-7-8-19-9-11-20(12-10-19)13-14-21-15-17-22(18-16-21)27-23(24,25)26/h15-20H,2-12H2,1H3/t19-,20-. The van der Waals surface area contributed by atoms with Crippen molar-refractivity contribution in [1.29, 1.82) is 0 Å². The molecule has 1 aliphatic carbocycles.